The third-order valence-corrected chi connectivity index (χ3v) is 2.80. The number of halogens is 1. The standard InChI is InChI=1S/C9H11ClN2O5/c10-5-1-6(14)12(3-11-5)9-8(16)7(15)4(2-13)17-9/h1,3-4,7-9,13,15-16H,2H2/t4-,7+,8-,9-/m0/s1. The van der Waals surface area contributed by atoms with Crippen molar-refractivity contribution in [2.24, 2.45) is 0 Å². The van der Waals surface area contributed by atoms with Crippen molar-refractivity contribution < 1.29 is 20.1 Å². The second kappa shape index (κ2) is 4.71. The van der Waals surface area contributed by atoms with E-state index in [9.17, 15) is 15.0 Å². The van der Waals surface area contributed by atoms with E-state index in [0.29, 0.717) is 0 Å². The molecule has 8 heteroatoms. The van der Waals surface area contributed by atoms with Gasteiger partial charge in [0.2, 0.25) is 0 Å². The quantitative estimate of drug-likeness (QED) is 0.561. The Morgan fingerprint density at radius 3 is 2.71 bits per heavy atom. The molecular weight excluding hydrogens is 252 g/mol. The second-order valence-corrected chi connectivity index (χ2v) is 4.07. The topological polar surface area (TPSA) is 105 Å². The Hall–Kier alpha value is -0.990. The van der Waals surface area contributed by atoms with Crippen LogP contribution in [-0.2, 0) is 4.74 Å². The van der Waals surface area contributed by atoms with Crippen LogP contribution in [0, 0.1) is 0 Å². The molecular formula is C9H11ClN2O5. The maximum atomic E-state index is 11.6. The molecule has 1 saturated heterocycles. The van der Waals surface area contributed by atoms with Crippen LogP contribution in [0.2, 0.25) is 5.15 Å². The summed E-state index contributed by atoms with van der Waals surface area (Å²) in [4.78, 5) is 15.3. The zero-order chi connectivity index (χ0) is 12.6. The zero-order valence-electron chi connectivity index (χ0n) is 8.60. The number of hydrogen-bond acceptors (Lipinski definition) is 6. The smallest absolute Gasteiger partial charge is 0.257 e. The average Bonchev–Trinajstić information content (AvgIpc) is 2.57. The molecule has 4 atom stereocenters. The molecule has 1 aromatic heterocycles. The summed E-state index contributed by atoms with van der Waals surface area (Å²) in [6.07, 6.45) is -3.47. The van der Waals surface area contributed by atoms with Gasteiger partial charge in [-0.05, 0) is 0 Å². The van der Waals surface area contributed by atoms with Crippen molar-refractivity contribution in [3.05, 3.63) is 27.9 Å². The molecule has 1 aromatic rings. The normalized spacial score (nSPS) is 32.9. The first-order valence-corrected chi connectivity index (χ1v) is 5.28. The van der Waals surface area contributed by atoms with Gasteiger partial charge < -0.3 is 20.1 Å². The minimum Gasteiger partial charge on any atom is -0.394 e. The second-order valence-electron chi connectivity index (χ2n) is 3.69. The van der Waals surface area contributed by atoms with Gasteiger partial charge in [0.1, 0.15) is 29.8 Å². The predicted octanol–water partition coefficient (Wildman–Crippen LogP) is -1.49. The SMILES string of the molecule is O=c1cc(Cl)ncn1[C@H]1O[C@@H](CO)[C@@H](O)[C@@H]1O. The van der Waals surface area contributed by atoms with Crippen LogP contribution in [-0.4, -0.2) is 49.8 Å². The van der Waals surface area contributed by atoms with Gasteiger partial charge in [0, 0.05) is 6.07 Å². The molecule has 1 aliphatic heterocycles. The summed E-state index contributed by atoms with van der Waals surface area (Å²) in [5, 5.41) is 28.2. The van der Waals surface area contributed by atoms with Crippen LogP contribution in [0.3, 0.4) is 0 Å². The summed E-state index contributed by atoms with van der Waals surface area (Å²) in [7, 11) is 0. The molecule has 0 aromatic carbocycles. The number of ether oxygens (including phenoxy) is 1. The highest BCUT2D eigenvalue weighted by atomic mass is 35.5. The van der Waals surface area contributed by atoms with E-state index in [1.165, 1.54) is 0 Å². The lowest BCUT2D eigenvalue weighted by atomic mass is 10.1. The molecule has 0 aliphatic carbocycles. The first-order valence-electron chi connectivity index (χ1n) is 4.90. The maximum absolute atomic E-state index is 11.6. The third-order valence-electron chi connectivity index (χ3n) is 2.59. The van der Waals surface area contributed by atoms with E-state index < -0.39 is 36.7 Å². The lowest BCUT2D eigenvalue weighted by Crippen LogP contribution is -2.35. The van der Waals surface area contributed by atoms with Crippen molar-refractivity contribution in [1.82, 2.24) is 9.55 Å². The monoisotopic (exact) mass is 262 g/mol. The molecule has 0 unspecified atom stereocenters. The maximum Gasteiger partial charge on any atom is 0.257 e. The molecule has 3 N–H and O–H groups in total. The predicted molar refractivity (Wildman–Crippen MR) is 56.5 cm³/mol. The summed E-state index contributed by atoms with van der Waals surface area (Å²) in [6.45, 7) is -0.454. The molecule has 7 nitrogen and oxygen atoms in total. The van der Waals surface area contributed by atoms with Gasteiger partial charge in [-0.3, -0.25) is 9.36 Å². The molecule has 0 amide bonds. The summed E-state index contributed by atoms with van der Waals surface area (Å²) in [6, 6.07) is 1.07. The number of aromatic nitrogens is 2. The molecule has 0 spiro atoms. The first kappa shape index (κ1) is 12.5. The molecule has 0 radical (unpaired) electrons. The van der Waals surface area contributed by atoms with Gasteiger partial charge in [0.15, 0.2) is 6.23 Å². The lowest BCUT2D eigenvalue weighted by molar-refractivity contribution is -0.0548. The van der Waals surface area contributed by atoms with Gasteiger partial charge >= 0.3 is 0 Å². The Balaban J connectivity index is 2.32. The van der Waals surface area contributed by atoms with Gasteiger partial charge in [0.05, 0.1) is 6.61 Å². The Kier molecular flexibility index (Phi) is 3.45. The largest absolute Gasteiger partial charge is 0.394 e. The molecule has 94 valence electrons. The fourth-order valence-corrected chi connectivity index (χ4v) is 1.83. The van der Waals surface area contributed by atoms with Crippen LogP contribution in [0.15, 0.2) is 17.2 Å². The van der Waals surface area contributed by atoms with Gasteiger partial charge in [0.25, 0.3) is 5.56 Å². The number of nitrogens with zero attached hydrogens (tertiary/aromatic N) is 2. The van der Waals surface area contributed by atoms with Gasteiger partial charge in [-0.15, -0.1) is 0 Å². The highest BCUT2D eigenvalue weighted by Gasteiger charge is 2.43. The van der Waals surface area contributed by atoms with E-state index in [0.717, 1.165) is 17.0 Å². The van der Waals surface area contributed by atoms with E-state index in [2.05, 4.69) is 4.98 Å². The summed E-state index contributed by atoms with van der Waals surface area (Å²) < 4.78 is 6.18. The fraction of sp³-hybridized carbons (Fsp3) is 0.556. The number of hydrogen-bond donors (Lipinski definition) is 3. The highest BCUT2D eigenvalue weighted by molar-refractivity contribution is 6.29. The van der Waals surface area contributed by atoms with Crippen molar-refractivity contribution in [3.63, 3.8) is 0 Å². The van der Waals surface area contributed by atoms with Crippen LogP contribution < -0.4 is 5.56 Å². The fourth-order valence-electron chi connectivity index (χ4n) is 1.69. The summed E-state index contributed by atoms with van der Waals surface area (Å²) in [5.74, 6) is 0. The average molecular weight is 263 g/mol. The molecule has 2 rings (SSSR count). The van der Waals surface area contributed by atoms with E-state index in [4.69, 9.17) is 21.4 Å². The van der Waals surface area contributed by atoms with Crippen LogP contribution >= 0.6 is 11.6 Å². The molecule has 0 bridgehead atoms. The Labute approximate surface area is 101 Å². The number of aliphatic hydroxyl groups excluding tert-OH is 3. The first-order chi connectivity index (χ1) is 8.04. The highest BCUT2D eigenvalue weighted by Crippen LogP contribution is 2.27. The van der Waals surface area contributed by atoms with Crippen molar-refractivity contribution in [2.75, 3.05) is 6.61 Å². The molecule has 1 fully saturated rings. The van der Waals surface area contributed by atoms with Gasteiger partial charge in [-0.25, -0.2) is 4.98 Å². The van der Waals surface area contributed by atoms with Crippen LogP contribution in [0.5, 0.6) is 0 Å². The van der Waals surface area contributed by atoms with Crippen LogP contribution in [0.1, 0.15) is 6.23 Å². The van der Waals surface area contributed by atoms with E-state index >= 15 is 0 Å². The van der Waals surface area contributed by atoms with E-state index in [1.807, 2.05) is 0 Å². The summed E-state index contributed by atoms with van der Waals surface area (Å²) >= 11 is 5.53. The molecule has 0 saturated carbocycles. The third kappa shape index (κ3) is 2.20. The van der Waals surface area contributed by atoms with Crippen LogP contribution in [0.4, 0.5) is 0 Å². The minimum absolute atomic E-state index is 0.0259. The Morgan fingerprint density at radius 2 is 2.18 bits per heavy atom. The molecule has 17 heavy (non-hydrogen) atoms. The van der Waals surface area contributed by atoms with Crippen molar-refractivity contribution in [1.29, 1.82) is 0 Å². The van der Waals surface area contributed by atoms with Crippen molar-refractivity contribution >= 4 is 11.6 Å². The molecule has 2 heterocycles. The Morgan fingerprint density at radius 1 is 1.47 bits per heavy atom. The lowest BCUT2D eigenvalue weighted by Gasteiger charge is -2.16. The van der Waals surface area contributed by atoms with Crippen molar-refractivity contribution in [2.45, 2.75) is 24.5 Å². The van der Waals surface area contributed by atoms with Gasteiger partial charge in [-0.2, -0.15) is 0 Å². The zero-order valence-corrected chi connectivity index (χ0v) is 9.36. The number of rotatable bonds is 2. The van der Waals surface area contributed by atoms with E-state index in [-0.39, 0.29) is 5.15 Å². The van der Waals surface area contributed by atoms with Crippen LogP contribution in [0.25, 0.3) is 0 Å². The summed E-state index contributed by atoms with van der Waals surface area (Å²) in [5.41, 5.74) is -0.514. The Bertz CT molecular complexity index is 465. The van der Waals surface area contributed by atoms with Gasteiger partial charge in [-0.1, -0.05) is 11.6 Å². The van der Waals surface area contributed by atoms with E-state index in [1.54, 1.807) is 0 Å². The molecule has 1 aliphatic rings. The minimum atomic E-state index is -1.31. The van der Waals surface area contributed by atoms with Crippen molar-refractivity contribution in [3.8, 4) is 0 Å². The number of aliphatic hydroxyl groups is 3.